The Kier molecular flexibility index (Phi) is 3.20. The van der Waals surface area contributed by atoms with Gasteiger partial charge < -0.3 is 10.5 Å². The summed E-state index contributed by atoms with van der Waals surface area (Å²) in [5.41, 5.74) is 6.48. The molecule has 0 bridgehead atoms. The molecular weight excluding hydrogens is 241 g/mol. The lowest BCUT2D eigenvalue weighted by atomic mass is 10.2. The van der Waals surface area contributed by atoms with E-state index in [1.165, 1.54) is 6.07 Å². The molecule has 0 amide bonds. The summed E-state index contributed by atoms with van der Waals surface area (Å²) in [5, 5.41) is 0.556. The van der Waals surface area contributed by atoms with E-state index in [1.807, 2.05) is 13.0 Å². The average molecular weight is 252 g/mol. The van der Waals surface area contributed by atoms with Crippen LogP contribution in [0.25, 0.3) is 0 Å². The Morgan fingerprint density at radius 2 is 1.94 bits per heavy atom. The van der Waals surface area contributed by atoms with E-state index in [2.05, 4.69) is 0 Å². The molecule has 2 N–H and O–H groups in total. The van der Waals surface area contributed by atoms with Crippen LogP contribution in [0.4, 0.5) is 10.1 Å². The first-order valence-corrected chi connectivity index (χ1v) is 5.43. The number of anilines is 1. The van der Waals surface area contributed by atoms with Crippen LogP contribution in [-0.2, 0) is 0 Å². The van der Waals surface area contributed by atoms with E-state index in [0.717, 1.165) is 5.56 Å². The van der Waals surface area contributed by atoms with Crippen molar-refractivity contribution in [3.63, 3.8) is 0 Å². The number of ether oxygens (including phenoxy) is 1. The molecule has 0 aromatic heterocycles. The van der Waals surface area contributed by atoms with Crippen LogP contribution >= 0.6 is 11.6 Å². The van der Waals surface area contributed by atoms with Crippen LogP contribution in [-0.4, -0.2) is 0 Å². The molecule has 0 fully saturated rings. The van der Waals surface area contributed by atoms with Crippen LogP contribution in [0.5, 0.6) is 11.5 Å². The molecule has 0 aliphatic heterocycles. The van der Waals surface area contributed by atoms with Crippen molar-refractivity contribution in [3.05, 3.63) is 52.8 Å². The number of nitrogen functional groups attached to an aromatic ring is 1. The van der Waals surface area contributed by atoms with Gasteiger partial charge in [-0.2, -0.15) is 0 Å². The predicted octanol–water partition coefficient (Wildman–Crippen LogP) is 4.16. The highest BCUT2D eigenvalue weighted by Crippen LogP contribution is 2.32. The average Bonchev–Trinajstić information content (AvgIpc) is 2.30. The first-order chi connectivity index (χ1) is 8.08. The summed E-state index contributed by atoms with van der Waals surface area (Å²) in [7, 11) is 0. The summed E-state index contributed by atoms with van der Waals surface area (Å²) < 4.78 is 18.8. The Bertz CT molecular complexity index is 557. The summed E-state index contributed by atoms with van der Waals surface area (Å²) in [5.74, 6) is 0.354. The van der Waals surface area contributed by atoms with Gasteiger partial charge in [0.2, 0.25) is 0 Å². The number of aryl methyl sites for hydroxylation is 1. The van der Waals surface area contributed by atoms with Crippen molar-refractivity contribution in [1.82, 2.24) is 0 Å². The minimum absolute atomic E-state index is 0.00752. The van der Waals surface area contributed by atoms with Crippen molar-refractivity contribution in [2.24, 2.45) is 0 Å². The highest BCUT2D eigenvalue weighted by Gasteiger charge is 2.08. The molecule has 0 saturated carbocycles. The second-order valence-electron chi connectivity index (χ2n) is 3.66. The first kappa shape index (κ1) is 11.7. The fourth-order valence-corrected chi connectivity index (χ4v) is 1.57. The van der Waals surface area contributed by atoms with Gasteiger partial charge in [0, 0.05) is 5.02 Å². The van der Waals surface area contributed by atoms with Crippen LogP contribution < -0.4 is 10.5 Å². The molecule has 0 saturated heterocycles. The zero-order valence-electron chi connectivity index (χ0n) is 9.21. The van der Waals surface area contributed by atoms with E-state index in [4.69, 9.17) is 22.1 Å². The van der Waals surface area contributed by atoms with E-state index < -0.39 is 5.82 Å². The fraction of sp³-hybridized carbons (Fsp3) is 0.0769. The summed E-state index contributed by atoms with van der Waals surface area (Å²) in [6, 6.07) is 9.69. The number of halogens is 2. The molecule has 0 aliphatic rings. The van der Waals surface area contributed by atoms with Crippen LogP contribution in [0.3, 0.4) is 0 Å². The van der Waals surface area contributed by atoms with Gasteiger partial charge in [0.1, 0.15) is 17.3 Å². The van der Waals surface area contributed by atoms with Crippen LogP contribution in [0.1, 0.15) is 5.56 Å². The molecule has 4 heteroatoms. The van der Waals surface area contributed by atoms with Crippen molar-refractivity contribution < 1.29 is 9.13 Å². The van der Waals surface area contributed by atoms with Gasteiger partial charge in [-0.15, -0.1) is 0 Å². The third-order valence-corrected chi connectivity index (χ3v) is 2.62. The van der Waals surface area contributed by atoms with Gasteiger partial charge in [-0.05, 0) is 36.8 Å². The minimum Gasteiger partial charge on any atom is -0.455 e. The number of hydrogen-bond donors (Lipinski definition) is 1. The zero-order chi connectivity index (χ0) is 12.4. The Hall–Kier alpha value is -1.74. The molecule has 2 rings (SSSR count). The van der Waals surface area contributed by atoms with Gasteiger partial charge in [0.25, 0.3) is 0 Å². The Labute approximate surface area is 104 Å². The standard InChI is InChI=1S/C13H11ClFNO/c1-8-5-6-9(14)7-12(8)17-11-4-2-3-10(15)13(11)16/h2-7H,16H2,1H3. The van der Waals surface area contributed by atoms with Crippen molar-refractivity contribution in [3.8, 4) is 11.5 Å². The second-order valence-corrected chi connectivity index (χ2v) is 4.10. The number of rotatable bonds is 2. The maximum atomic E-state index is 13.2. The lowest BCUT2D eigenvalue weighted by Crippen LogP contribution is -1.96. The van der Waals surface area contributed by atoms with Gasteiger partial charge in [-0.1, -0.05) is 23.7 Å². The monoisotopic (exact) mass is 251 g/mol. The fourth-order valence-electron chi connectivity index (χ4n) is 1.41. The summed E-state index contributed by atoms with van der Waals surface area (Å²) >= 11 is 5.87. The lowest BCUT2D eigenvalue weighted by molar-refractivity contribution is 0.476. The second kappa shape index (κ2) is 4.63. The zero-order valence-corrected chi connectivity index (χ0v) is 9.96. The molecular formula is C13H11ClFNO. The van der Waals surface area contributed by atoms with E-state index in [0.29, 0.717) is 10.8 Å². The van der Waals surface area contributed by atoms with Crippen molar-refractivity contribution in [2.75, 3.05) is 5.73 Å². The maximum absolute atomic E-state index is 13.2. The van der Waals surface area contributed by atoms with Crippen molar-refractivity contribution in [2.45, 2.75) is 6.92 Å². The maximum Gasteiger partial charge on any atom is 0.153 e. The Balaban J connectivity index is 2.38. The van der Waals surface area contributed by atoms with Crippen LogP contribution in [0.15, 0.2) is 36.4 Å². The van der Waals surface area contributed by atoms with Gasteiger partial charge >= 0.3 is 0 Å². The van der Waals surface area contributed by atoms with Gasteiger partial charge in [0.05, 0.1) is 0 Å². The predicted molar refractivity (Wildman–Crippen MR) is 67.1 cm³/mol. The van der Waals surface area contributed by atoms with Crippen LogP contribution in [0.2, 0.25) is 5.02 Å². The molecule has 2 aromatic rings. The first-order valence-electron chi connectivity index (χ1n) is 5.06. The van der Waals surface area contributed by atoms with Crippen LogP contribution in [0, 0.1) is 12.7 Å². The smallest absolute Gasteiger partial charge is 0.153 e. The summed E-state index contributed by atoms with van der Waals surface area (Å²) in [6.45, 7) is 1.88. The number of hydrogen-bond acceptors (Lipinski definition) is 2. The minimum atomic E-state index is -0.498. The Morgan fingerprint density at radius 3 is 2.71 bits per heavy atom. The molecule has 0 spiro atoms. The topological polar surface area (TPSA) is 35.2 Å². The summed E-state index contributed by atoms with van der Waals surface area (Å²) in [6.07, 6.45) is 0. The molecule has 2 nitrogen and oxygen atoms in total. The van der Waals surface area contributed by atoms with Gasteiger partial charge in [-0.3, -0.25) is 0 Å². The Morgan fingerprint density at radius 1 is 1.18 bits per heavy atom. The summed E-state index contributed by atoms with van der Waals surface area (Å²) in [4.78, 5) is 0. The van der Waals surface area contributed by atoms with Gasteiger partial charge in [-0.25, -0.2) is 4.39 Å². The lowest BCUT2D eigenvalue weighted by Gasteiger charge is -2.11. The molecule has 0 radical (unpaired) electrons. The van der Waals surface area contributed by atoms with Crippen molar-refractivity contribution in [1.29, 1.82) is 0 Å². The van der Waals surface area contributed by atoms with Gasteiger partial charge in [0.15, 0.2) is 5.75 Å². The van der Waals surface area contributed by atoms with E-state index in [1.54, 1.807) is 24.3 Å². The normalized spacial score (nSPS) is 10.3. The largest absolute Gasteiger partial charge is 0.455 e. The third kappa shape index (κ3) is 2.50. The van der Waals surface area contributed by atoms with Crippen molar-refractivity contribution >= 4 is 17.3 Å². The molecule has 0 unspecified atom stereocenters. The SMILES string of the molecule is Cc1ccc(Cl)cc1Oc1cccc(F)c1N. The molecule has 0 atom stereocenters. The quantitative estimate of drug-likeness (QED) is 0.814. The molecule has 0 heterocycles. The molecule has 0 aliphatic carbocycles. The number of nitrogens with two attached hydrogens (primary N) is 1. The third-order valence-electron chi connectivity index (χ3n) is 2.38. The van der Waals surface area contributed by atoms with E-state index in [-0.39, 0.29) is 11.4 Å². The number of para-hydroxylation sites is 1. The number of benzene rings is 2. The van der Waals surface area contributed by atoms with E-state index >= 15 is 0 Å². The molecule has 17 heavy (non-hydrogen) atoms. The highest BCUT2D eigenvalue weighted by molar-refractivity contribution is 6.30. The highest BCUT2D eigenvalue weighted by atomic mass is 35.5. The molecule has 2 aromatic carbocycles. The van der Waals surface area contributed by atoms with E-state index in [9.17, 15) is 4.39 Å². The molecule has 88 valence electrons.